The Kier molecular flexibility index (Phi) is 7.61. The van der Waals surface area contributed by atoms with Gasteiger partial charge in [0.05, 0.1) is 11.8 Å². The van der Waals surface area contributed by atoms with Gasteiger partial charge in [0.25, 0.3) is 0 Å². The maximum Gasteiger partial charge on any atom is 0.434 e. The lowest BCUT2D eigenvalue weighted by Gasteiger charge is -2.49. The van der Waals surface area contributed by atoms with E-state index in [4.69, 9.17) is 9.47 Å². The fourth-order valence-electron chi connectivity index (χ4n) is 6.16. The molecular weight excluding hydrogens is 541 g/mol. The van der Waals surface area contributed by atoms with Crippen LogP contribution in [0.5, 0.6) is 0 Å². The number of piperazine rings is 1. The van der Waals surface area contributed by atoms with Crippen molar-refractivity contribution in [2.45, 2.75) is 76.5 Å². The lowest BCUT2D eigenvalue weighted by molar-refractivity contribution is -0.141. The van der Waals surface area contributed by atoms with Crippen molar-refractivity contribution in [1.29, 1.82) is 5.26 Å². The van der Waals surface area contributed by atoms with Gasteiger partial charge in [0.2, 0.25) is 0 Å². The van der Waals surface area contributed by atoms with Crippen LogP contribution in [0.2, 0.25) is 0 Å². The second kappa shape index (κ2) is 10.6. The van der Waals surface area contributed by atoms with E-state index in [1.54, 1.807) is 26.8 Å². The molecule has 1 atom stereocenters. The molecule has 0 bridgehead atoms. The SMILES string of the molecule is CC1CC(=O)C2(CCN(c3cc(N4CC(N5CCN(C(=O)OC(C)(C)C)CC5)C4)c(C#N)c(C(F)(F)F)n3)CC2)O1. The minimum atomic E-state index is -4.80. The highest BCUT2D eigenvalue weighted by atomic mass is 19.4. The van der Waals surface area contributed by atoms with Crippen LogP contribution >= 0.6 is 0 Å². The summed E-state index contributed by atoms with van der Waals surface area (Å²) in [5.74, 6) is 0.196. The summed E-state index contributed by atoms with van der Waals surface area (Å²) >= 11 is 0. The van der Waals surface area contributed by atoms with Crippen LogP contribution in [0.4, 0.5) is 29.5 Å². The second-order valence-electron chi connectivity index (χ2n) is 12.4. The van der Waals surface area contributed by atoms with Crippen molar-refractivity contribution in [3.63, 3.8) is 0 Å². The number of hydrogen-bond acceptors (Lipinski definition) is 9. The number of anilines is 2. The molecule has 0 N–H and O–H groups in total. The standard InChI is InChI=1S/C28H37F3N6O4/c1-18-13-22(38)27(40-18)5-7-35(8-6-27)23-14-21(20(15-32)24(33-23)28(29,30)31)37-16-19(17-37)34-9-11-36(12-10-34)25(39)41-26(2,3)4/h14,18-19H,5-13,16-17H2,1-4H3. The number of alkyl halides is 3. The van der Waals surface area contributed by atoms with Crippen molar-refractivity contribution < 1.29 is 32.2 Å². The zero-order valence-corrected chi connectivity index (χ0v) is 24.0. The molecule has 1 amide bonds. The van der Waals surface area contributed by atoms with Crippen LogP contribution in [0.3, 0.4) is 0 Å². The van der Waals surface area contributed by atoms with Gasteiger partial charge in [-0.3, -0.25) is 9.69 Å². The van der Waals surface area contributed by atoms with Crippen molar-refractivity contribution >= 4 is 23.4 Å². The summed E-state index contributed by atoms with van der Waals surface area (Å²) < 4.78 is 53.7. The van der Waals surface area contributed by atoms with Crippen LogP contribution in [0.1, 0.15) is 58.2 Å². The highest BCUT2D eigenvalue weighted by Gasteiger charge is 2.49. The van der Waals surface area contributed by atoms with Gasteiger partial charge in [-0.25, -0.2) is 9.78 Å². The van der Waals surface area contributed by atoms with E-state index in [0.29, 0.717) is 71.6 Å². The number of pyridine rings is 1. The number of ether oxygens (including phenoxy) is 2. The van der Waals surface area contributed by atoms with Crippen LogP contribution in [-0.2, 0) is 20.4 Å². The highest BCUT2D eigenvalue weighted by Crippen LogP contribution is 2.41. The largest absolute Gasteiger partial charge is 0.444 e. The molecule has 1 aromatic rings. The van der Waals surface area contributed by atoms with Gasteiger partial charge in [-0.2, -0.15) is 18.4 Å². The minimum absolute atomic E-state index is 0.0488. The molecule has 13 heteroatoms. The first-order valence-electron chi connectivity index (χ1n) is 14.1. The molecule has 0 aliphatic carbocycles. The smallest absolute Gasteiger partial charge is 0.434 e. The predicted octanol–water partition coefficient (Wildman–Crippen LogP) is 3.43. The summed E-state index contributed by atoms with van der Waals surface area (Å²) in [4.78, 5) is 36.3. The fourth-order valence-corrected chi connectivity index (χ4v) is 6.16. The third-order valence-electron chi connectivity index (χ3n) is 8.35. The first-order chi connectivity index (χ1) is 19.2. The molecule has 41 heavy (non-hydrogen) atoms. The first kappa shape index (κ1) is 29.4. The number of nitrogens with zero attached hydrogens (tertiary/aromatic N) is 6. The predicted molar refractivity (Wildman–Crippen MR) is 144 cm³/mol. The summed E-state index contributed by atoms with van der Waals surface area (Å²) in [5.41, 5.74) is -2.89. The zero-order valence-electron chi connectivity index (χ0n) is 24.0. The number of halogens is 3. The van der Waals surface area contributed by atoms with Gasteiger partial charge in [0.15, 0.2) is 11.5 Å². The van der Waals surface area contributed by atoms with Crippen molar-refractivity contribution in [1.82, 2.24) is 14.8 Å². The molecule has 0 saturated carbocycles. The summed E-state index contributed by atoms with van der Waals surface area (Å²) in [6.07, 6.45) is -4.19. The lowest BCUT2D eigenvalue weighted by Crippen LogP contribution is -2.64. The van der Waals surface area contributed by atoms with Crippen LogP contribution < -0.4 is 9.80 Å². The number of carbonyl (C=O) groups is 2. The number of piperidine rings is 1. The molecule has 1 aromatic heterocycles. The molecular formula is C28H37F3N6O4. The summed E-state index contributed by atoms with van der Waals surface area (Å²) in [7, 11) is 0. The van der Waals surface area contributed by atoms with E-state index >= 15 is 0 Å². The molecule has 224 valence electrons. The van der Waals surface area contributed by atoms with Gasteiger partial charge in [-0.15, -0.1) is 0 Å². The zero-order chi connectivity index (χ0) is 29.7. The number of Topliss-reactive ketones (excluding diaryl/α,β-unsaturated/α-hetero) is 1. The van der Waals surface area contributed by atoms with Gasteiger partial charge in [-0.1, -0.05) is 0 Å². The Balaban J connectivity index is 1.28. The third kappa shape index (κ3) is 5.95. The topological polar surface area (TPSA) is 102 Å². The first-order valence-corrected chi connectivity index (χ1v) is 14.1. The number of hydrogen-bond donors (Lipinski definition) is 0. The van der Waals surface area contributed by atoms with Gasteiger partial charge < -0.3 is 24.2 Å². The molecule has 1 unspecified atom stereocenters. The molecule has 4 aliphatic heterocycles. The van der Waals surface area contributed by atoms with Crippen LogP contribution in [0.25, 0.3) is 0 Å². The Morgan fingerprint density at radius 2 is 1.73 bits per heavy atom. The van der Waals surface area contributed by atoms with E-state index in [1.807, 2.05) is 27.7 Å². The number of rotatable bonds is 3. The Morgan fingerprint density at radius 3 is 2.24 bits per heavy atom. The molecule has 4 aliphatic rings. The summed E-state index contributed by atoms with van der Waals surface area (Å²) in [6, 6.07) is 3.42. The molecule has 1 spiro atoms. The monoisotopic (exact) mass is 578 g/mol. The van der Waals surface area contributed by atoms with E-state index in [-0.39, 0.29) is 35.5 Å². The van der Waals surface area contributed by atoms with Crippen LogP contribution in [-0.4, -0.2) is 102 Å². The van der Waals surface area contributed by atoms with Crippen LogP contribution in [0, 0.1) is 11.3 Å². The number of carbonyl (C=O) groups excluding carboxylic acids is 2. The maximum atomic E-state index is 14.1. The number of amides is 1. The minimum Gasteiger partial charge on any atom is -0.444 e. The van der Waals surface area contributed by atoms with Crippen LogP contribution in [0.15, 0.2) is 6.07 Å². The van der Waals surface area contributed by atoms with Crippen molar-refractivity contribution in [3.8, 4) is 6.07 Å². The average molecular weight is 579 g/mol. The Morgan fingerprint density at radius 1 is 1.10 bits per heavy atom. The van der Waals surface area contributed by atoms with Gasteiger partial charge in [0.1, 0.15) is 28.7 Å². The van der Waals surface area contributed by atoms with Crippen molar-refractivity contribution in [2.24, 2.45) is 0 Å². The Hall–Kier alpha value is -3.11. The van der Waals surface area contributed by atoms with Crippen molar-refractivity contribution in [3.05, 3.63) is 17.3 Å². The van der Waals surface area contributed by atoms with E-state index < -0.39 is 28.6 Å². The fraction of sp³-hybridized carbons (Fsp3) is 0.714. The molecule has 0 aromatic carbocycles. The Labute approximate surface area is 238 Å². The lowest BCUT2D eigenvalue weighted by atomic mass is 9.87. The quantitative estimate of drug-likeness (QED) is 0.534. The summed E-state index contributed by atoms with van der Waals surface area (Å²) in [5, 5.41) is 9.76. The molecule has 4 fully saturated rings. The molecule has 0 radical (unpaired) electrons. The van der Waals surface area contributed by atoms with Gasteiger partial charge in [0, 0.05) is 83.7 Å². The maximum absolute atomic E-state index is 14.1. The molecule has 5 heterocycles. The van der Waals surface area contributed by atoms with Gasteiger partial charge >= 0.3 is 12.3 Å². The van der Waals surface area contributed by atoms with E-state index in [2.05, 4.69) is 9.88 Å². The Bertz CT molecular complexity index is 1220. The van der Waals surface area contributed by atoms with Gasteiger partial charge in [-0.05, 0) is 27.7 Å². The third-order valence-corrected chi connectivity index (χ3v) is 8.35. The van der Waals surface area contributed by atoms with E-state index in [9.17, 15) is 28.0 Å². The molecule has 4 saturated heterocycles. The average Bonchev–Trinajstić information content (AvgIpc) is 3.13. The number of ketones is 1. The molecule has 10 nitrogen and oxygen atoms in total. The normalized spacial score (nSPS) is 24.0. The summed E-state index contributed by atoms with van der Waals surface area (Å²) in [6.45, 7) is 11.2. The second-order valence-corrected chi connectivity index (χ2v) is 12.4. The molecule has 5 rings (SSSR count). The van der Waals surface area contributed by atoms with E-state index in [1.165, 1.54) is 0 Å². The number of aromatic nitrogens is 1. The van der Waals surface area contributed by atoms with Crippen molar-refractivity contribution in [2.75, 3.05) is 62.2 Å². The number of nitriles is 1. The van der Waals surface area contributed by atoms with E-state index in [0.717, 1.165) is 0 Å². The highest BCUT2D eigenvalue weighted by molar-refractivity contribution is 5.89.